The second-order valence-electron chi connectivity index (χ2n) is 4.75. The number of benzene rings is 1. The zero-order chi connectivity index (χ0) is 17.5. The Hall–Kier alpha value is -2.00. The van der Waals surface area contributed by atoms with Crippen molar-refractivity contribution in [3.8, 4) is 0 Å². The summed E-state index contributed by atoms with van der Waals surface area (Å²) in [7, 11) is 1.58. The molecule has 0 fully saturated rings. The van der Waals surface area contributed by atoms with E-state index in [1.165, 1.54) is 13.8 Å². The molecule has 0 N–H and O–H groups in total. The van der Waals surface area contributed by atoms with E-state index in [1.54, 1.807) is 25.4 Å². The van der Waals surface area contributed by atoms with Crippen LogP contribution in [0.15, 0.2) is 48.7 Å². The molecule has 7 heteroatoms. The van der Waals surface area contributed by atoms with Crippen LogP contribution in [0.25, 0.3) is 0 Å². The van der Waals surface area contributed by atoms with Gasteiger partial charge in [-0.2, -0.15) is 0 Å². The topological polar surface area (TPSA) is 74.7 Å². The van der Waals surface area contributed by atoms with E-state index in [9.17, 15) is 9.59 Å². The van der Waals surface area contributed by atoms with E-state index in [1.807, 2.05) is 30.3 Å². The predicted octanol–water partition coefficient (Wildman–Crippen LogP) is 3.45. The van der Waals surface area contributed by atoms with Gasteiger partial charge in [-0.05, 0) is 0 Å². The third kappa shape index (κ3) is 4.75. The maximum atomic E-state index is 11.4. The van der Waals surface area contributed by atoms with E-state index in [-0.39, 0.29) is 0 Å². The minimum atomic E-state index is -2.95. The van der Waals surface area contributed by atoms with Crippen LogP contribution in [0.1, 0.15) is 31.2 Å². The Kier molecular flexibility index (Phi) is 6.68. The first-order valence-electron chi connectivity index (χ1n) is 7.13. The van der Waals surface area contributed by atoms with Crippen molar-refractivity contribution >= 4 is 32.6 Å². The third-order valence-electron chi connectivity index (χ3n) is 2.90. The fourth-order valence-corrected chi connectivity index (χ4v) is 5.23. The molecule has 1 heterocycles. The zero-order valence-electron chi connectivity index (χ0n) is 13.6. The fraction of sp³-hybridized carbons (Fsp3) is 0.235. The molecular weight excluding hydrogens is 425 g/mol. The van der Waals surface area contributed by atoms with Gasteiger partial charge >= 0.3 is 149 Å². The van der Waals surface area contributed by atoms with Crippen LogP contribution < -0.4 is 0 Å². The monoisotopic (exact) mass is 443 g/mol. The molecule has 0 amide bonds. The van der Waals surface area contributed by atoms with E-state index in [4.69, 9.17) is 10.9 Å². The van der Waals surface area contributed by atoms with Crippen molar-refractivity contribution in [2.45, 2.75) is 20.0 Å². The zero-order valence-corrected chi connectivity index (χ0v) is 15.7. The third-order valence-corrected chi connectivity index (χ3v) is 6.88. The predicted molar refractivity (Wildman–Crippen MR) is 95.8 cm³/mol. The van der Waals surface area contributed by atoms with Crippen molar-refractivity contribution < 1.29 is 20.5 Å². The Morgan fingerprint density at radius 2 is 1.62 bits per heavy atom. The number of carbonyl (C=O) groups is 2. The number of nitrogens with zero attached hydrogens (tertiary/aromatic N) is 1. The van der Waals surface area contributed by atoms with Gasteiger partial charge in [-0.25, -0.2) is 0 Å². The first-order chi connectivity index (χ1) is 11.5. The Bertz CT molecular complexity index is 691. The second kappa shape index (κ2) is 8.74. The molecule has 1 aromatic heterocycles. The van der Waals surface area contributed by atoms with E-state index < -0.39 is 38.7 Å². The van der Waals surface area contributed by atoms with E-state index in [0.717, 1.165) is 5.56 Å². The minimum absolute atomic E-state index is 0.451. The first-order valence-corrected chi connectivity index (χ1v) is 9.97. The molecule has 0 saturated carbocycles. The molecule has 2 aromatic rings. The number of pyridine rings is 1. The molecule has 0 saturated heterocycles. The van der Waals surface area contributed by atoms with Crippen LogP contribution in [-0.2, 0) is 20.5 Å². The molecule has 0 bridgehead atoms. The summed E-state index contributed by atoms with van der Waals surface area (Å²) < 4.78 is 16.9. The normalized spacial score (nSPS) is 12.2. The van der Waals surface area contributed by atoms with Crippen LogP contribution in [0.3, 0.4) is 0 Å². The van der Waals surface area contributed by atoms with Crippen molar-refractivity contribution in [2.75, 3.05) is 7.11 Å². The standard InChI is InChI=1S/C17H18INO5/c1-12(20)23-18(24-13(2)21)15-9-5-4-8-14(15)17(22-3)16-10-6-7-11-19-16/h4-11,17H,1-3H3. The molecule has 128 valence electrons. The van der Waals surface area contributed by atoms with Crippen LogP contribution >= 0.6 is 20.6 Å². The van der Waals surface area contributed by atoms with Gasteiger partial charge in [0.25, 0.3) is 0 Å². The summed E-state index contributed by atoms with van der Waals surface area (Å²) >= 11 is -2.95. The summed E-state index contributed by atoms with van der Waals surface area (Å²) in [6.45, 7) is 2.59. The number of carbonyl (C=O) groups excluding carboxylic acids is 2. The molecule has 1 unspecified atom stereocenters. The van der Waals surface area contributed by atoms with Crippen molar-refractivity contribution in [3.05, 3.63) is 63.5 Å². The number of hydrogen-bond donors (Lipinski definition) is 0. The number of methoxy groups -OCH3 is 1. The Labute approximate surface area is 148 Å². The van der Waals surface area contributed by atoms with Crippen molar-refractivity contribution in [3.63, 3.8) is 0 Å². The number of halogens is 1. The van der Waals surface area contributed by atoms with Gasteiger partial charge in [0, 0.05) is 0 Å². The summed E-state index contributed by atoms with van der Waals surface area (Å²) in [5, 5.41) is 0. The Balaban J connectivity index is 2.47. The SMILES string of the molecule is COC(c1ccccn1)c1ccccc1I(OC(C)=O)OC(C)=O. The number of ether oxygens (including phenoxy) is 1. The average Bonchev–Trinajstić information content (AvgIpc) is 2.55. The molecule has 0 aliphatic carbocycles. The van der Waals surface area contributed by atoms with Crippen LogP contribution in [-0.4, -0.2) is 24.0 Å². The average molecular weight is 443 g/mol. The van der Waals surface area contributed by atoms with Crippen LogP contribution in [0.5, 0.6) is 0 Å². The quantitative estimate of drug-likeness (QED) is 0.637. The molecule has 2 rings (SSSR count). The van der Waals surface area contributed by atoms with E-state index in [2.05, 4.69) is 4.98 Å². The first kappa shape index (κ1) is 18.3. The van der Waals surface area contributed by atoms with Crippen molar-refractivity contribution in [1.82, 2.24) is 4.98 Å². The number of rotatable bonds is 6. The fourth-order valence-electron chi connectivity index (χ4n) is 2.06. The molecule has 0 aliphatic rings. The van der Waals surface area contributed by atoms with Gasteiger partial charge in [-0.3, -0.25) is 0 Å². The summed E-state index contributed by atoms with van der Waals surface area (Å²) in [5.74, 6) is -0.967. The molecule has 0 aliphatic heterocycles. The van der Waals surface area contributed by atoms with E-state index >= 15 is 0 Å². The van der Waals surface area contributed by atoms with Crippen LogP contribution in [0, 0.1) is 3.57 Å². The summed E-state index contributed by atoms with van der Waals surface area (Å²) in [4.78, 5) is 27.1. The summed E-state index contributed by atoms with van der Waals surface area (Å²) in [6, 6.07) is 12.8. The van der Waals surface area contributed by atoms with Gasteiger partial charge in [-0.15, -0.1) is 0 Å². The molecule has 6 nitrogen and oxygen atoms in total. The Morgan fingerprint density at radius 1 is 1.00 bits per heavy atom. The van der Waals surface area contributed by atoms with Crippen molar-refractivity contribution in [2.24, 2.45) is 0 Å². The van der Waals surface area contributed by atoms with Gasteiger partial charge in [0.1, 0.15) is 0 Å². The Morgan fingerprint density at radius 3 is 2.17 bits per heavy atom. The molecule has 24 heavy (non-hydrogen) atoms. The second-order valence-corrected chi connectivity index (χ2v) is 8.03. The maximum absolute atomic E-state index is 11.4. The van der Waals surface area contributed by atoms with Gasteiger partial charge in [-0.1, -0.05) is 0 Å². The van der Waals surface area contributed by atoms with Crippen molar-refractivity contribution in [1.29, 1.82) is 0 Å². The van der Waals surface area contributed by atoms with Crippen LogP contribution in [0.2, 0.25) is 0 Å². The number of hydrogen-bond acceptors (Lipinski definition) is 6. The molecule has 0 radical (unpaired) electrons. The summed E-state index contributed by atoms with van der Waals surface area (Å²) in [5.41, 5.74) is 1.49. The molecule has 0 spiro atoms. The van der Waals surface area contributed by atoms with E-state index in [0.29, 0.717) is 9.26 Å². The van der Waals surface area contributed by atoms with Crippen LogP contribution in [0.4, 0.5) is 0 Å². The molecular formula is C17H18INO5. The van der Waals surface area contributed by atoms with Gasteiger partial charge in [0.05, 0.1) is 0 Å². The molecule has 1 aromatic carbocycles. The number of aromatic nitrogens is 1. The van der Waals surface area contributed by atoms with Gasteiger partial charge in [0.2, 0.25) is 0 Å². The molecule has 1 atom stereocenters. The summed E-state index contributed by atoms with van der Waals surface area (Å²) in [6.07, 6.45) is 1.23. The van der Waals surface area contributed by atoms with Gasteiger partial charge < -0.3 is 0 Å². The van der Waals surface area contributed by atoms with Gasteiger partial charge in [0.15, 0.2) is 0 Å².